The van der Waals surface area contributed by atoms with E-state index in [9.17, 15) is 9.59 Å². The molecule has 1 aliphatic carbocycles. The summed E-state index contributed by atoms with van der Waals surface area (Å²) in [5.74, 6) is 0.634. The Balaban J connectivity index is 1.49. The van der Waals surface area contributed by atoms with Crippen LogP contribution < -0.4 is 10.6 Å². The number of carbonyl (C=O) groups is 2. The van der Waals surface area contributed by atoms with Gasteiger partial charge in [0, 0.05) is 23.5 Å². The Morgan fingerprint density at radius 1 is 1.24 bits per heavy atom. The van der Waals surface area contributed by atoms with Crippen molar-refractivity contribution in [2.45, 2.75) is 43.8 Å². The van der Waals surface area contributed by atoms with Gasteiger partial charge in [0.15, 0.2) is 0 Å². The summed E-state index contributed by atoms with van der Waals surface area (Å²) < 4.78 is 1.76. The number of hydrogen-bond acceptors (Lipinski definition) is 5. The van der Waals surface area contributed by atoms with Crippen molar-refractivity contribution in [2.24, 2.45) is 0 Å². The molecular weight excluding hydrogens is 386 g/mol. The lowest BCUT2D eigenvalue weighted by molar-refractivity contribution is -0.113. The quantitative estimate of drug-likeness (QED) is 0.582. The van der Waals surface area contributed by atoms with Gasteiger partial charge in [0.1, 0.15) is 5.82 Å². The average molecular weight is 410 g/mol. The third-order valence-corrected chi connectivity index (χ3v) is 5.54. The van der Waals surface area contributed by atoms with Crippen molar-refractivity contribution < 1.29 is 9.59 Å². The zero-order valence-corrected chi connectivity index (χ0v) is 17.2. The van der Waals surface area contributed by atoms with Gasteiger partial charge in [0.05, 0.1) is 28.1 Å². The number of pyridine rings is 1. The standard InChI is InChI=1S/C21H23N5O2S/c1-13(2)26-18(9-10-22-26)25-19(27)12-29-20-11-16(21(28)23-14-7-8-14)15-5-3-4-6-17(15)24-20/h3-6,9-11,13-14H,7-8,12H2,1-2H3,(H,23,28)(H,25,27). The van der Waals surface area contributed by atoms with Crippen molar-refractivity contribution in [2.75, 3.05) is 11.1 Å². The molecule has 0 radical (unpaired) electrons. The summed E-state index contributed by atoms with van der Waals surface area (Å²) in [4.78, 5) is 29.7. The molecule has 2 aromatic heterocycles. The maximum atomic E-state index is 12.7. The van der Waals surface area contributed by atoms with Crippen LogP contribution in [-0.2, 0) is 4.79 Å². The van der Waals surface area contributed by atoms with Gasteiger partial charge in [-0.2, -0.15) is 5.10 Å². The van der Waals surface area contributed by atoms with E-state index < -0.39 is 0 Å². The van der Waals surface area contributed by atoms with Crippen LogP contribution in [0.15, 0.2) is 47.6 Å². The first kappa shape index (κ1) is 19.4. The van der Waals surface area contributed by atoms with Crippen molar-refractivity contribution in [3.63, 3.8) is 0 Å². The zero-order chi connectivity index (χ0) is 20.4. The molecule has 1 aromatic carbocycles. The molecule has 2 heterocycles. The van der Waals surface area contributed by atoms with Gasteiger partial charge >= 0.3 is 0 Å². The predicted molar refractivity (Wildman–Crippen MR) is 114 cm³/mol. The third kappa shape index (κ3) is 4.59. The molecule has 0 saturated heterocycles. The number of fused-ring (bicyclic) bond motifs is 1. The fraction of sp³-hybridized carbons (Fsp3) is 0.333. The lowest BCUT2D eigenvalue weighted by Crippen LogP contribution is -2.25. The Kier molecular flexibility index (Phi) is 5.53. The maximum absolute atomic E-state index is 12.7. The smallest absolute Gasteiger partial charge is 0.252 e. The van der Waals surface area contributed by atoms with Gasteiger partial charge < -0.3 is 10.6 Å². The molecule has 29 heavy (non-hydrogen) atoms. The molecule has 2 amide bonds. The summed E-state index contributed by atoms with van der Waals surface area (Å²) in [6.07, 6.45) is 3.73. The van der Waals surface area contributed by atoms with Crippen molar-refractivity contribution >= 4 is 40.3 Å². The van der Waals surface area contributed by atoms with E-state index in [0.29, 0.717) is 16.4 Å². The average Bonchev–Trinajstić information content (AvgIpc) is 3.40. The second kappa shape index (κ2) is 8.24. The summed E-state index contributed by atoms with van der Waals surface area (Å²) in [5.41, 5.74) is 1.35. The van der Waals surface area contributed by atoms with E-state index in [1.165, 1.54) is 11.8 Å². The van der Waals surface area contributed by atoms with Crippen LogP contribution in [0.25, 0.3) is 10.9 Å². The van der Waals surface area contributed by atoms with Crippen molar-refractivity contribution in [1.82, 2.24) is 20.1 Å². The molecule has 3 aromatic rings. The largest absolute Gasteiger partial charge is 0.349 e. The molecule has 4 rings (SSSR count). The molecule has 0 aliphatic heterocycles. The normalized spacial score (nSPS) is 13.6. The summed E-state index contributed by atoms with van der Waals surface area (Å²) in [7, 11) is 0. The second-order valence-electron chi connectivity index (χ2n) is 7.36. The Labute approximate surface area is 173 Å². The fourth-order valence-electron chi connectivity index (χ4n) is 3.05. The monoisotopic (exact) mass is 409 g/mol. The van der Waals surface area contributed by atoms with E-state index in [4.69, 9.17) is 0 Å². The number of nitrogens with one attached hydrogen (secondary N) is 2. The Morgan fingerprint density at radius 2 is 2.03 bits per heavy atom. The first-order valence-electron chi connectivity index (χ1n) is 9.68. The van der Waals surface area contributed by atoms with E-state index in [-0.39, 0.29) is 29.7 Å². The van der Waals surface area contributed by atoms with E-state index in [0.717, 1.165) is 23.7 Å². The van der Waals surface area contributed by atoms with E-state index in [2.05, 4.69) is 20.7 Å². The van der Waals surface area contributed by atoms with Gasteiger partial charge in [-0.25, -0.2) is 9.67 Å². The summed E-state index contributed by atoms with van der Waals surface area (Å²) >= 11 is 1.31. The van der Waals surface area contributed by atoms with E-state index in [1.807, 2.05) is 38.1 Å². The highest BCUT2D eigenvalue weighted by Crippen LogP contribution is 2.26. The molecule has 0 bridgehead atoms. The molecule has 1 fully saturated rings. The highest BCUT2D eigenvalue weighted by Gasteiger charge is 2.25. The van der Waals surface area contributed by atoms with Crippen LogP contribution in [0.5, 0.6) is 0 Å². The van der Waals surface area contributed by atoms with Crippen LogP contribution in [0.4, 0.5) is 5.82 Å². The minimum absolute atomic E-state index is 0.0850. The van der Waals surface area contributed by atoms with Gasteiger partial charge in [-0.3, -0.25) is 9.59 Å². The van der Waals surface area contributed by atoms with Crippen molar-refractivity contribution in [3.05, 3.63) is 48.2 Å². The number of amides is 2. The van der Waals surface area contributed by atoms with Crippen LogP contribution in [0, 0.1) is 0 Å². The number of rotatable bonds is 7. The number of nitrogens with zero attached hydrogens (tertiary/aromatic N) is 3. The molecule has 0 atom stereocenters. The summed E-state index contributed by atoms with van der Waals surface area (Å²) in [6.45, 7) is 4.01. The number of aromatic nitrogens is 3. The van der Waals surface area contributed by atoms with Crippen LogP contribution in [0.2, 0.25) is 0 Å². The molecule has 1 aliphatic rings. The molecule has 7 nitrogen and oxygen atoms in total. The number of thioether (sulfide) groups is 1. The van der Waals surface area contributed by atoms with Crippen LogP contribution in [-0.4, -0.2) is 38.4 Å². The predicted octanol–water partition coefficient (Wildman–Crippen LogP) is 3.64. The number of benzene rings is 1. The first-order valence-corrected chi connectivity index (χ1v) is 10.7. The second-order valence-corrected chi connectivity index (χ2v) is 8.36. The molecule has 8 heteroatoms. The summed E-state index contributed by atoms with van der Waals surface area (Å²) in [6, 6.07) is 11.6. The number of hydrogen-bond donors (Lipinski definition) is 2. The number of anilines is 1. The number of carbonyl (C=O) groups excluding carboxylic acids is 2. The Bertz CT molecular complexity index is 1060. The lowest BCUT2D eigenvalue weighted by Gasteiger charge is -2.12. The van der Waals surface area contributed by atoms with Gasteiger partial charge in [-0.15, -0.1) is 0 Å². The first-order chi connectivity index (χ1) is 14.0. The molecule has 2 N–H and O–H groups in total. The Hall–Kier alpha value is -2.87. The molecule has 0 spiro atoms. The van der Waals surface area contributed by atoms with Crippen LogP contribution in [0.3, 0.4) is 0 Å². The van der Waals surface area contributed by atoms with E-state index in [1.54, 1.807) is 23.0 Å². The van der Waals surface area contributed by atoms with Gasteiger partial charge in [0.25, 0.3) is 5.91 Å². The SMILES string of the molecule is CC(C)n1nccc1NC(=O)CSc1cc(C(=O)NC2CC2)c2ccccc2n1. The highest BCUT2D eigenvalue weighted by molar-refractivity contribution is 7.99. The van der Waals surface area contributed by atoms with Gasteiger partial charge in [0.2, 0.25) is 5.91 Å². The Morgan fingerprint density at radius 3 is 2.79 bits per heavy atom. The van der Waals surface area contributed by atoms with Gasteiger partial charge in [-0.05, 0) is 38.8 Å². The molecule has 0 unspecified atom stereocenters. The minimum atomic E-state index is -0.142. The van der Waals surface area contributed by atoms with Crippen molar-refractivity contribution in [3.8, 4) is 0 Å². The molecule has 150 valence electrons. The van der Waals surface area contributed by atoms with Crippen molar-refractivity contribution in [1.29, 1.82) is 0 Å². The third-order valence-electron chi connectivity index (χ3n) is 4.63. The molecule has 1 saturated carbocycles. The van der Waals surface area contributed by atoms with Crippen LogP contribution >= 0.6 is 11.8 Å². The maximum Gasteiger partial charge on any atom is 0.252 e. The molecular formula is C21H23N5O2S. The topological polar surface area (TPSA) is 88.9 Å². The summed E-state index contributed by atoms with van der Waals surface area (Å²) in [5, 5.41) is 11.6. The lowest BCUT2D eigenvalue weighted by atomic mass is 10.1. The van der Waals surface area contributed by atoms with Crippen LogP contribution in [0.1, 0.15) is 43.1 Å². The zero-order valence-electron chi connectivity index (χ0n) is 16.4. The minimum Gasteiger partial charge on any atom is -0.349 e. The van der Waals surface area contributed by atoms with Gasteiger partial charge in [-0.1, -0.05) is 30.0 Å². The fourth-order valence-corrected chi connectivity index (χ4v) is 3.76. The number of para-hydroxylation sites is 1. The van der Waals surface area contributed by atoms with E-state index >= 15 is 0 Å². The highest BCUT2D eigenvalue weighted by atomic mass is 32.2.